The second-order valence-corrected chi connectivity index (χ2v) is 9.73. The molecule has 2 amide bonds. The number of hydrogen-bond acceptors (Lipinski definition) is 6. The first-order valence-electron chi connectivity index (χ1n) is 12.8. The highest BCUT2D eigenvalue weighted by molar-refractivity contribution is 5.94. The van der Waals surface area contributed by atoms with Crippen LogP contribution in [0.1, 0.15) is 57.9 Å². The summed E-state index contributed by atoms with van der Waals surface area (Å²) in [6.45, 7) is 3.29. The van der Waals surface area contributed by atoms with Gasteiger partial charge in [-0.3, -0.25) is 23.6 Å². The van der Waals surface area contributed by atoms with Gasteiger partial charge in [-0.15, -0.1) is 0 Å². The van der Waals surface area contributed by atoms with E-state index in [2.05, 4.69) is 10.6 Å². The van der Waals surface area contributed by atoms with Crippen molar-refractivity contribution in [2.24, 2.45) is 17.8 Å². The van der Waals surface area contributed by atoms with Crippen molar-refractivity contribution in [2.45, 2.75) is 64.8 Å². The molecule has 36 heavy (non-hydrogen) atoms. The molecule has 2 bridgehead atoms. The van der Waals surface area contributed by atoms with E-state index in [0.717, 1.165) is 5.56 Å². The van der Waals surface area contributed by atoms with E-state index in [1.165, 1.54) is 0 Å². The molecule has 1 aromatic carbocycles. The maximum absolute atomic E-state index is 13.5. The van der Waals surface area contributed by atoms with Gasteiger partial charge in [-0.05, 0) is 55.7 Å². The van der Waals surface area contributed by atoms with Crippen LogP contribution in [0.25, 0.3) is 0 Å². The van der Waals surface area contributed by atoms with Gasteiger partial charge < -0.3 is 20.5 Å². The Hall–Kier alpha value is -2.81. The number of alkyl halides is 1. The van der Waals surface area contributed by atoms with Gasteiger partial charge in [0.15, 0.2) is 11.6 Å². The number of fused-ring (bicyclic) bond motifs is 11. The minimum absolute atomic E-state index is 0.0642. The van der Waals surface area contributed by atoms with E-state index in [9.17, 15) is 28.7 Å². The summed E-state index contributed by atoms with van der Waals surface area (Å²) in [5.41, 5.74) is 0.814. The number of Topliss-reactive ketones (excluding diaryl/α,β-unsaturated/α-hetero) is 2. The summed E-state index contributed by atoms with van der Waals surface area (Å²) in [5.74, 6) is -2.08. The van der Waals surface area contributed by atoms with Gasteiger partial charge in [0.05, 0.1) is 19.3 Å². The fourth-order valence-electron chi connectivity index (χ4n) is 4.43. The third kappa shape index (κ3) is 9.68. The van der Waals surface area contributed by atoms with Crippen molar-refractivity contribution in [1.29, 1.82) is 0 Å². The van der Waals surface area contributed by atoms with Crippen molar-refractivity contribution in [3.05, 3.63) is 29.8 Å². The van der Waals surface area contributed by atoms with Crippen molar-refractivity contribution in [2.75, 3.05) is 26.4 Å². The fraction of sp³-hybridized carbons (Fsp3) is 0.630. The van der Waals surface area contributed by atoms with E-state index in [4.69, 9.17) is 4.74 Å². The number of nitrogens with one attached hydrogen (secondary N) is 2. The number of carbonyl (C=O) groups is 4. The number of halogens is 1. The molecular formula is C27H39FN2O6. The first kappa shape index (κ1) is 29.4. The van der Waals surface area contributed by atoms with Gasteiger partial charge in [0, 0.05) is 31.2 Å². The number of aliphatic hydroxyl groups excluding tert-OH is 1. The largest absolute Gasteiger partial charge is 0.494 e. The molecule has 0 fully saturated rings. The Morgan fingerprint density at radius 1 is 1.17 bits per heavy atom. The van der Waals surface area contributed by atoms with Crippen LogP contribution in [0.5, 0.6) is 5.75 Å². The summed E-state index contributed by atoms with van der Waals surface area (Å²) in [4.78, 5) is 51.3. The molecule has 3 unspecified atom stereocenters. The Morgan fingerprint density at radius 3 is 2.53 bits per heavy atom. The molecule has 2 aliphatic rings. The standard InChI is InChI=1S/C27H39FN2O6/c1-18(2)15-22-21(25(33)17-31)5-3-14-36-20-8-6-19(7-9-20)16-23(30-27(22)35)24(32)10-11-26(34)29-13-4-12-28/h6-9,18,21-23,31H,3-5,10-17H2,1-2H3,(H,29,34)(H,30,35). The number of rotatable bonds is 11. The number of hydrogen-bond donors (Lipinski definition) is 3. The van der Waals surface area contributed by atoms with E-state index >= 15 is 0 Å². The second kappa shape index (κ2) is 15.3. The van der Waals surface area contributed by atoms with E-state index in [-0.39, 0.29) is 49.8 Å². The Balaban J connectivity index is 2.27. The quantitative estimate of drug-likeness (QED) is 0.397. The van der Waals surface area contributed by atoms with Crippen molar-refractivity contribution >= 4 is 23.4 Å². The molecule has 8 nitrogen and oxygen atoms in total. The SMILES string of the molecule is CC(C)CC1C(=O)NC(C(=O)CCC(=O)NCCCF)Cc2ccc(cc2)OCCCC1C(=O)CO. The number of ketones is 2. The minimum atomic E-state index is -0.884. The molecule has 2 aliphatic heterocycles. The van der Waals surface area contributed by atoms with Gasteiger partial charge in [-0.1, -0.05) is 26.0 Å². The summed E-state index contributed by atoms with van der Waals surface area (Å²) in [5, 5.41) is 15.0. The molecule has 0 saturated carbocycles. The molecule has 1 aromatic rings. The molecule has 2 heterocycles. The van der Waals surface area contributed by atoms with Crippen LogP contribution in [-0.4, -0.2) is 61.0 Å². The molecule has 3 N–H and O–H groups in total. The average Bonchev–Trinajstić information content (AvgIpc) is 2.85. The average molecular weight is 507 g/mol. The zero-order valence-electron chi connectivity index (χ0n) is 21.3. The number of ether oxygens (including phenoxy) is 1. The maximum atomic E-state index is 13.5. The highest BCUT2D eigenvalue weighted by atomic mass is 19.1. The number of aliphatic hydroxyl groups is 1. The molecule has 3 atom stereocenters. The summed E-state index contributed by atoms with van der Waals surface area (Å²) in [6, 6.07) is 6.37. The molecular weight excluding hydrogens is 467 g/mol. The van der Waals surface area contributed by atoms with Crippen LogP contribution in [0.2, 0.25) is 0 Å². The molecule has 0 radical (unpaired) electrons. The molecule has 0 aromatic heterocycles. The number of benzene rings is 1. The summed E-state index contributed by atoms with van der Waals surface area (Å²) in [7, 11) is 0. The van der Waals surface area contributed by atoms with Crippen LogP contribution in [-0.2, 0) is 25.6 Å². The first-order valence-corrected chi connectivity index (χ1v) is 12.8. The van der Waals surface area contributed by atoms with Crippen molar-refractivity contribution in [3.8, 4) is 5.75 Å². The van der Waals surface area contributed by atoms with Crippen LogP contribution >= 0.6 is 0 Å². The molecule has 0 aliphatic carbocycles. The third-order valence-corrected chi connectivity index (χ3v) is 6.34. The third-order valence-electron chi connectivity index (χ3n) is 6.34. The van der Waals surface area contributed by atoms with Crippen LogP contribution in [0.15, 0.2) is 24.3 Å². The molecule has 9 heteroatoms. The highest BCUT2D eigenvalue weighted by Crippen LogP contribution is 2.27. The summed E-state index contributed by atoms with van der Waals surface area (Å²) in [6.07, 6.45) is 1.62. The van der Waals surface area contributed by atoms with Gasteiger partial charge in [-0.25, -0.2) is 0 Å². The lowest BCUT2D eigenvalue weighted by molar-refractivity contribution is -0.137. The zero-order chi connectivity index (χ0) is 26.5. The van der Waals surface area contributed by atoms with E-state index < -0.39 is 42.8 Å². The topological polar surface area (TPSA) is 122 Å². The Kier molecular flexibility index (Phi) is 12.5. The van der Waals surface area contributed by atoms with E-state index in [1.54, 1.807) is 12.1 Å². The lowest BCUT2D eigenvalue weighted by atomic mass is 9.79. The summed E-state index contributed by atoms with van der Waals surface area (Å²) < 4.78 is 18.0. The first-order chi connectivity index (χ1) is 17.2. The number of carbonyl (C=O) groups excluding carboxylic acids is 4. The zero-order valence-corrected chi connectivity index (χ0v) is 21.3. The van der Waals surface area contributed by atoms with E-state index in [1.807, 2.05) is 26.0 Å². The molecule has 200 valence electrons. The van der Waals surface area contributed by atoms with Gasteiger partial charge >= 0.3 is 0 Å². The maximum Gasteiger partial charge on any atom is 0.224 e. The van der Waals surface area contributed by atoms with Crippen molar-refractivity contribution < 1.29 is 33.4 Å². The normalized spacial score (nSPS) is 20.8. The Labute approximate surface area is 212 Å². The second-order valence-electron chi connectivity index (χ2n) is 9.73. The fourth-order valence-corrected chi connectivity index (χ4v) is 4.43. The lowest BCUT2D eigenvalue weighted by Crippen LogP contribution is -2.48. The minimum Gasteiger partial charge on any atom is -0.494 e. The van der Waals surface area contributed by atoms with E-state index in [0.29, 0.717) is 31.6 Å². The predicted molar refractivity (Wildman–Crippen MR) is 133 cm³/mol. The van der Waals surface area contributed by atoms with Crippen molar-refractivity contribution in [3.63, 3.8) is 0 Å². The Morgan fingerprint density at radius 2 is 1.89 bits per heavy atom. The monoisotopic (exact) mass is 506 g/mol. The summed E-state index contributed by atoms with van der Waals surface area (Å²) >= 11 is 0. The lowest BCUT2D eigenvalue weighted by Gasteiger charge is -2.29. The van der Waals surface area contributed by atoms with Crippen LogP contribution in [0.4, 0.5) is 4.39 Å². The smallest absolute Gasteiger partial charge is 0.224 e. The van der Waals surface area contributed by atoms with Gasteiger partial charge in [-0.2, -0.15) is 0 Å². The van der Waals surface area contributed by atoms with Crippen LogP contribution in [0, 0.1) is 17.8 Å². The molecule has 3 rings (SSSR count). The molecule has 0 saturated heterocycles. The van der Waals surface area contributed by atoms with Gasteiger partial charge in [0.2, 0.25) is 11.8 Å². The molecule has 0 spiro atoms. The van der Waals surface area contributed by atoms with Gasteiger partial charge in [0.25, 0.3) is 0 Å². The predicted octanol–water partition coefficient (Wildman–Crippen LogP) is 2.55. The number of amides is 2. The highest BCUT2D eigenvalue weighted by Gasteiger charge is 2.35. The van der Waals surface area contributed by atoms with Gasteiger partial charge in [0.1, 0.15) is 12.4 Å². The van der Waals surface area contributed by atoms with Crippen LogP contribution in [0.3, 0.4) is 0 Å². The van der Waals surface area contributed by atoms with Crippen molar-refractivity contribution in [1.82, 2.24) is 10.6 Å². The van der Waals surface area contributed by atoms with Crippen LogP contribution < -0.4 is 15.4 Å². The Bertz CT molecular complexity index is 874.